The monoisotopic (exact) mass is 247 g/mol. The first kappa shape index (κ1) is 12.6. The second-order valence-corrected chi connectivity index (χ2v) is 4.50. The molecule has 0 radical (unpaired) electrons. The highest BCUT2D eigenvalue weighted by Crippen LogP contribution is 2.23. The van der Waals surface area contributed by atoms with Gasteiger partial charge in [0.25, 0.3) is 0 Å². The van der Waals surface area contributed by atoms with Crippen molar-refractivity contribution in [3.05, 3.63) is 48.0 Å². The first-order valence-corrected chi connectivity index (χ1v) is 5.99. The second-order valence-electron chi connectivity index (χ2n) is 4.50. The van der Waals surface area contributed by atoms with Crippen molar-refractivity contribution in [2.75, 3.05) is 6.61 Å². The van der Waals surface area contributed by atoms with Gasteiger partial charge in [0, 0.05) is 0 Å². The highest BCUT2D eigenvalue weighted by molar-refractivity contribution is 5.68. The van der Waals surface area contributed by atoms with E-state index < -0.39 is 11.6 Å². The topological polar surface area (TPSA) is 58.6 Å². The lowest BCUT2D eigenvalue weighted by Crippen LogP contribution is -2.49. The van der Waals surface area contributed by atoms with Crippen molar-refractivity contribution < 1.29 is 14.6 Å². The molecule has 0 heterocycles. The number of aliphatic hydroxyl groups excluding tert-OH is 1. The van der Waals surface area contributed by atoms with Gasteiger partial charge in [-0.15, -0.1) is 0 Å². The number of alkyl carbamates (subject to hydrolysis) is 1. The summed E-state index contributed by atoms with van der Waals surface area (Å²) in [6, 6.07) is 9.49. The fraction of sp³-hybridized carbons (Fsp3) is 0.357. The van der Waals surface area contributed by atoms with E-state index in [-0.39, 0.29) is 13.2 Å². The molecule has 0 fully saturated rings. The molecule has 4 nitrogen and oxygen atoms in total. The highest BCUT2D eigenvalue weighted by Gasteiger charge is 2.32. The van der Waals surface area contributed by atoms with Crippen LogP contribution in [0.1, 0.15) is 18.4 Å². The first-order chi connectivity index (χ1) is 8.74. The molecular weight excluding hydrogens is 230 g/mol. The summed E-state index contributed by atoms with van der Waals surface area (Å²) < 4.78 is 5.13. The molecule has 0 bridgehead atoms. The van der Waals surface area contributed by atoms with E-state index >= 15 is 0 Å². The van der Waals surface area contributed by atoms with Crippen LogP contribution >= 0.6 is 0 Å². The molecule has 18 heavy (non-hydrogen) atoms. The number of hydrogen-bond acceptors (Lipinski definition) is 3. The number of carbonyl (C=O) groups is 1. The Balaban J connectivity index is 1.82. The van der Waals surface area contributed by atoms with Crippen LogP contribution < -0.4 is 5.32 Å². The maximum atomic E-state index is 11.7. The van der Waals surface area contributed by atoms with Crippen molar-refractivity contribution in [2.45, 2.75) is 25.0 Å². The number of hydrogen-bond donors (Lipinski definition) is 2. The number of carbonyl (C=O) groups excluding carboxylic acids is 1. The lowest BCUT2D eigenvalue weighted by atomic mass is 9.98. The zero-order valence-electron chi connectivity index (χ0n) is 10.1. The summed E-state index contributed by atoms with van der Waals surface area (Å²) in [5.41, 5.74) is 0.364. The van der Waals surface area contributed by atoms with E-state index in [0.29, 0.717) is 12.8 Å². The fourth-order valence-corrected chi connectivity index (χ4v) is 1.95. The minimum atomic E-state index is -0.576. The highest BCUT2D eigenvalue weighted by atomic mass is 16.5. The Morgan fingerprint density at radius 2 is 1.94 bits per heavy atom. The van der Waals surface area contributed by atoms with Crippen LogP contribution in [-0.4, -0.2) is 23.3 Å². The van der Waals surface area contributed by atoms with Crippen molar-refractivity contribution in [1.29, 1.82) is 0 Å². The van der Waals surface area contributed by atoms with Crippen LogP contribution in [0.3, 0.4) is 0 Å². The average molecular weight is 247 g/mol. The number of benzene rings is 1. The van der Waals surface area contributed by atoms with E-state index in [2.05, 4.69) is 5.32 Å². The molecule has 1 aliphatic rings. The normalized spacial score (nSPS) is 16.5. The molecule has 0 atom stereocenters. The molecule has 0 saturated carbocycles. The number of amides is 1. The average Bonchev–Trinajstić information content (AvgIpc) is 2.87. The molecule has 2 rings (SSSR count). The molecule has 0 aromatic heterocycles. The van der Waals surface area contributed by atoms with Gasteiger partial charge in [-0.25, -0.2) is 4.79 Å². The van der Waals surface area contributed by atoms with Gasteiger partial charge >= 0.3 is 6.09 Å². The molecule has 0 aliphatic heterocycles. The quantitative estimate of drug-likeness (QED) is 0.800. The Morgan fingerprint density at radius 1 is 1.28 bits per heavy atom. The number of rotatable bonds is 4. The summed E-state index contributed by atoms with van der Waals surface area (Å²) >= 11 is 0. The predicted octanol–water partition coefficient (Wildman–Crippen LogP) is 1.99. The first-order valence-electron chi connectivity index (χ1n) is 5.99. The van der Waals surface area contributed by atoms with E-state index in [1.54, 1.807) is 0 Å². The van der Waals surface area contributed by atoms with Crippen LogP contribution in [0.25, 0.3) is 0 Å². The van der Waals surface area contributed by atoms with Crippen LogP contribution in [-0.2, 0) is 11.3 Å². The molecular formula is C14H17NO3. The fourth-order valence-electron chi connectivity index (χ4n) is 1.95. The summed E-state index contributed by atoms with van der Waals surface area (Å²) in [6.07, 6.45) is 4.70. The van der Waals surface area contributed by atoms with Crippen molar-refractivity contribution in [1.82, 2.24) is 5.32 Å². The summed E-state index contributed by atoms with van der Waals surface area (Å²) in [5, 5.41) is 12.1. The van der Waals surface area contributed by atoms with Crippen LogP contribution in [0.5, 0.6) is 0 Å². The smallest absolute Gasteiger partial charge is 0.408 e. The zero-order chi connectivity index (χ0) is 12.8. The van der Waals surface area contributed by atoms with E-state index in [9.17, 15) is 9.90 Å². The molecule has 0 unspecified atom stereocenters. The summed E-state index contributed by atoms with van der Waals surface area (Å²) in [5.74, 6) is 0. The Morgan fingerprint density at radius 3 is 2.56 bits per heavy atom. The van der Waals surface area contributed by atoms with E-state index in [0.717, 1.165) is 5.56 Å². The standard InChI is InChI=1S/C14H17NO3/c16-11-14(8-4-5-9-14)15-13(17)18-10-12-6-2-1-3-7-12/h1-7,16H,8-11H2,(H,15,17). The SMILES string of the molecule is O=C(NC1(CO)CC=CC1)OCc1ccccc1. The molecule has 1 aliphatic carbocycles. The van der Waals surface area contributed by atoms with E-state index in [1.165, 1.54) is 0 Å². The number of nitrogens with one attached hydrogen (secondary N) is 1. The van der Waals surface area contributed by atoms with Crippen LogP contribution in [0.15, 0.2) is 42.5 Å². The minimum Gasteiger partial charge on any atom is -0.445 e. The van der Waals surface area contributed by atoms with Gasteiger partial charge < -0.3 is 15.2 Å². The molecule has 1 amide bonds. The van der Waals surface area contributed by atoms with E-state index in [4.69, 9.17) is 4.74 Å². The Kier molecular flexibility index (Phi) is 3.99. The maximum absolute atomic E-state index is 11.7. The van der Waals surface area contributed by atoms with Crippen LogP contribution in [0, 0.1) is 0 Å². The third-order valence-electron chi connectivity index (χ3n) is 3.07. The van der Waals surface area contributed by atoms with Gasteiger partial charge in [0.05, 0.1) is 12.1 Å². The Bertz CT molecular complexity index is 420. The van der Waals surface area contributed by atoms with Crippen LogP contribution in [0.4, 0.5) is 4.79 Å². The predicted molar refractivity (Wildman–Crippen MR) is 68.0 cm³/mol. The lowest BCUT2D eigenvalue weighted by Gasteiger charge is -2.27. The van der Waals surface area contributed by atoms with Crippen molar-refractivity contribution in [2.24, 2.45) is 0 Å². The summed E-state index contributed by atoms with van der Waals surface area (Å²) in [7, 11) is 0. The van der Waals surface area contributed by atoms with Gasteiger partial charge in [-0.2, -0.15) is 0 Å². The van der Waals surface area contributed by atoms with Crippen molar-refractivity contribution >= 4 is 6.09 Å². The van der Waals surface area contributed by atoms with Gasteiger partial charge in [0.2, 0.25) is 0 Å². The van der Waals surface area contributed by atoms with Crippen LogP contribution in [0.2, 0.25) is 0 Å². The second kappa shape index (κ2) is 5.69. The third kappa shape index (κ3) is 3.11. The van der Waals surface area contributed by atoms with Gasteiger partial charge in [0.15, 0.2) is 0 Å². The van der Waals surface area contributed by atoms with Crippen molar-refractivity contribution in [3.8, 4) is 0 Å². The largest absolute Gasteiger partial charge is 0.445 e. The molecule has 4 heteroatoms. The van der Waals surface area contributed by atoms with E-state index in [1.807, 2.05) is 42.5 Å². The maximum Gasteiger partial charge on any atom is 0.408 e. The summed E-state index contributed by atoms with van der Waals surface area (Å²) in [6.45, 7) is 0.155. The Labute approximate surface area is 106 Å². The van der Waals surface area contributed by atoms with Gasteiger partial charge in [0.1, 0.15) is 6.61 Å². The third-order valence-corrected chi connectivity index (χ3v) is 3.07. The number of ether oxygens (including phenoxy) is 1. The molecule has 0 spiro atoms. The summed E-state index contributed by atoms with van der Waals surface area (Å²) in [4.78, 5) is 11.7. The van der Waals surface area contributed by atoms with Gasteiger partial charge in [-0.1, -0.05) is 42.5 Å². The molecule has 2 N–H and O–H groups in total. The zero-order valence-corrected chi connectivity index (χ0v) is 10.1. The number of aliphatic hydroxyl groups is 1. The molecule has 1 aromatic rings. The molecule has 1 aromatic carbocycles. The van der Waals surface area contributed by atoms with Crippen molar-refractivity contribution in [3.63, 3.8) is 0 Å². The molecule has 96 valence electrons. The minimum absolute atomic E-state index is 0.0829. The molecule has 0 saturated heterocycles. The lowest BCUT2D eigenvalue weighted by molar-refractivity contribution is 0.109. The van der Waals surface area contributed by atoms with Gasteiger partial charge in [-0.3, -0.25) is 0 Å². The Hall–Kier alpha value is -1.81. The van der Waals surface area contributed by atoms with Gasteiger partial charge in [-0.05, 0) is 18.4 Å².